The largest absolute Gasteiger partial charge is 0.382 e. The molecule has 0 unspecified atom stereocenters. The molecule has 0 saturated carbocycles. The van der Waals surface area contributed by atoms with Crippen LogP contribution in [0.1, 0.15) is 25.5 Å². The Balaban J connectivity index is 2.60. The third-order valence-corrected chi connectivity index (χ3v) is 2.44. The summed E-state index contributed by atoms with van der Waals surface area (Å²) in [5.74, 6) is 0. The van der Waals surface area contributed by atoms with Gasteiger partial charge in [0.05, 0.1) is 6.04 Å². The van der Waals surface area contributed by atoms with Crippen molar-refractivity contribution in [1.29, 1.82) is 0 Å². The fourth-order valence-corrected chi connectivity index (χ4v) is 1.54. The minimum Gasteiger partial charge on any atom is -0.382 e. The second-order valence-electron chi connectivity index (χ2n) is 3.75. The summed E-state index contributed by atoms with van der Waals surface area (Å²) in [6, 6.07) is 7.91. The summed E-state index contributed by atoms with van der Waals surface area (Å²) < 4.78 is 0. The molecule has 1 aromatic rings. The second-order valence-corrected chi connectivity index (χ2v) is 4.16. The van der Waals surface area contributed by atoms with Crippen LogP contribution < -0.4 is 5.32 Å². The van der Waals surface area contributed by atoms with Gasteiger partial charge in [0, 0.05) is 10.6 Å². The van der Waals surface area contributed by atoms with Crippen molar-refractivity contribution in [2.45, 2.75) is 26.0 Å². The van der Waals surface area contributed by atoms with E-state index >= 15 is 0 Å². The molecule has 0 saturated heterocycles. The molecule has 1 rings (SSSR count). The minimum absolute atomic E-state index is 0.480. The van der Waals surface area contributed by atoms with Gasteiger partial charge in [-0.1, -0.05) is 29.8 Å². The summed E-state index contributed by atoms with van der Waals surface area (Å²) in [5, 5.41) is 12.6. The van der Waals surface area contributed by atoms with E-state index in [1.54, 1.807) is 6.07 Å². The molecule has 0 heterocycles. The molecule has 0 aliphatic heterocycles. The van der Waals surface area contributed by atoms with Crippen molar-refractivity contribution < 1.29 is 10.4 Å². The highest BCUT2D eigenvalue weighted by Gasteiger charge is 2.12. The summed E-state index contributed by atoms with van der Waals surface area (Å²) in [5.41, 5.74) is 0.811. The van der Waals surface area contributed by atoms with E-state index < -0.39 is 6.10 Å². The Morgan fingerprint density at radius 3 is 2.57 bits per heavy atom. The lowest BCUT2D eigenvalue weighted by molar-refractivity contribution is -0.689. The number of quaternary nitrogens is 1. The predicted octanol–water partition coefficient (Wildman–Crippen LogP) is 1.35. The number of hydrogen-bond donors (Lipinski definition) is 2. The second kappa shape index (κ2) is 5.35. The van der Waals surface area contributed by atoms with Crippen molar-refractivity contribution in [3.63, 3.8) is 0 Å². The van der Waals surface area contributed by atoms with Gasteiger partial charge in [-0.2, -0.15) is 0 Å². The lowest BCUT2D eigenvalue weighted by atomic mass is 10.1. The van der Waals surface area contributed by atoms with Crippen molar-refractivity contribution >= 4 is 11.6 Å². The van der Waals surface area contributed by atoms with Crippen LogP contribution in [0.5, 0.6) is 0 Å². The fraction of sp³-hybridized carbons (Fsp3) is 0.455. The molecule has 3 N–H and O–H groups in total. The Morgan fingerprint density at radius 1 is 1.36 bits per heavy atom. The topological polar surface area (TPSA) is 36.8 Å². The number of halogens is 1. The first kappa shape index (κ1) is 11.5. The maximum Gasteiger partial charge on any atom is 0.129 e. The molecule has 0 aromatic heterocycles. The Hall–Kier alpha value is -0.570. The number of rotatable bonds is 4. The molecular formula is C11H17ClNO+. The highest BCUT2D eigenvalue weighted by Crippen LogP contribution is 2.21. The van der Waals surface area contributed by atoms with E-state index in [-0.39, 0.29) is 0 Å². The Kier molecular flexibility index (Phi) is 4.39. The van der Waals surface area contributed by atoms with Crippen molar-refractivity contribution in [2.24, 2.45) is 0 Å². The van der Waals surface area contributed by atoms with Crippen LogP contribution in [0, 0.1) is 0 Å². The molecule has 0 fully saturated rings. The third-order valence-electron chi connectivity index (χ3n) is 2.09. The molecule has 1 aromatic carbocycles. The SMILES string of the molecule is CC(C)[NH2+]C[C@@H](O)c1ccccc1Cl. The van der Waals surface area contributed by atoms with Crippen molar-refractivity contribution in [2.75, 3.05) is 6.54 Å². The maximum atomic E-state index is 9.83. The van der Waals surface area contributed by atoms with Gasteiger partial charge < -0.3 is 10.4 Å². The Bertz CT molecular complexity index is 288. The van der Waals surface area contributed by atoms with Crippen LogP contribution in [-0.2, 0) is 0 Å². The van der Waals surface area contributed by atoms with Crippen LogP contribution in [0.4, 0.5) is 0 Å². The summed E-state index contributed by atoms with van der Waals surface area (Å²) >= 11 is 5.96. The number of aliphatic hydroxyl groups is 1. The van der Waals surface area contributed by atoms with E-state index in [0.29, 0.717) is 17.6 Å². The molecule has 0 amide bonds. The number of aliphatic hydroxyl groups excluding tert-OH is 1. The molecule has 78 valence electrons. The van der Waals surface area contributed by atoms with Gasteiger partial charge in [0.25, 0.3) is 0 Å². The first-order chi connectivity index (χ1) is 6.61. The van der Waals surface area contributed by atoms with E-state index in [1.165, 1.54) is 0 Å². The van der Waals surface area contributed by atoms with Crippen molar-refractivity contribution in [1.82, 2.24) is 0 Å². The summed E-state index contributed by atoms with van der Waals surface area (Å²) in [7, 11) is 0. The van der Waals surface area contributed by atoms with Crippen LogP contribution >= 0.6 is 11.6 Å². The standard InChI is InChI=1S/C11H16ClNO/c1-8(2)13-7-11(14)9-5-3-4-6-10(9)12/h3-6,8,11,13-14H,7H2,1-2H3/p+1/t11-/m1/s1. The smallest absolute Gasteiger partial charge is 0.129 e. The molecule has 0 aliphatic rings. The molecule has 0 spiro atoms. The van der Waals surface area contributed by atoms with E-state index in [9.17, 15) is 5.11 Å². The van der Waals surface area contributed by atoms with E-state index in [1.807, 2.05) is 18.2 Å². The average Bonchev–Trinajstić information content (AvgIpc) is 2.15. The fourth-order valence-electron chi connectivity index (χ4n) is 1.27. The zero-order valence-electron chi connectivity index (χ0n) is 8.57. The molecular weight excluding hydrogens is 198 g/mol. The van der Waals surface area contributed by atoms with Crippen LogP contribution in [0.15, 0.2) is 24.3 Å². The monoisotopic (exact) mass is 214 g/mol. The number of benzene rings is 1. The van der Waals surface area contributed by atoms with E-state index in [4.69, 9.17) is 11.6 Å². The van der Waals surface area contributed by atoms with Gasteiger partial charge in [0.1, 0.15) is 12.6 Å². The first-order valence-electron chi connectivity index (χ1n) is 4.87. The molecule has 0 bridgehead atoms. The zero-order chi connectivity index (χ0) is 10.6. The Morgan fingerprint density at radius 2 is 2.00 bits per heavy atom. The number of nitrogens with two attached hydrogens (primary N) is 1. The summed E-state index contributed by atoms with van der Waals surface area (Å²) in [6.07, 6.45) is -0.480. The zero-order valence-corrected chi connectivity index (χ0v) is 9.33. The Labute approximate surface area is 89.9 Å². The average molecular weight is 215 g/mol. The van der Waals surface area contributed by atoms with Crippen LogP contribution in [0.25, 0.3) is 0 Å². The third kappa shape index (κ3) is 3.29. The normalized spacial score (nSPS) is 13.2. The minimum atomic E-state index is -0.480. The predicted molar refractivity (Wildman–Crippen MR) is 58.3 cm³/mol. The molecule has 0 aliphatic carbocycles. The highest BCUT2D eigenvalue weighted by atomic mass is 35.5. The van der Waals surface area contributed by atoms with E-state index in [2.05, 4.69) is 19.2 Å². The van der Waals surface area contributed by atoms with Gasteiger partial charge >= 0.3 is 0 Å². The maximum absolute atomic E-state index is 9.83. The molecule has 14 heavy (non-hydrogen) atoms. The van der Waals surface area contributed by atoms with Gasteiger partial charge in [-0.15, -0.1) is 0 Å². The summed E-state index contributed by atoms with van der Waals surface area (Å²) in [6.45, 7) is 4.85. The van der Waals surface area contributed by atoms with Crippen molar-refractivity contribution in [3.8, 4) is 0 Å². The molecule has 3 heteroatoms. The van der Waals surface area contributed by atoms with Crippen LogP contribution in [-0.4, -0.2) is 17.7 Å². The molecule has 2 nitrogen and oxygen atoms in total. The van der Waals surface area contributed by atoms with Crippen LogP contribution in [0.3, 0.4) is 0 Å². The van der Waals surface area contributed by atoms with Gasteiger partial charge in [-0.05, 0) is 19.9 Å². The quantitative estimate of drug-likeness (QED) is 0.780. The van der Waals surface area contributed by atoms with Gasteiger partial charge in [-0.25, -0.2) is 0 Å². The van der Waals surface area contributed by atoms with E-state index in [0.717, 1.165) is 5.56 Å². The highest BCUT2D eigenvalue weighted by molar-refractivity contribution is 6.31. The lowest BCUT2D eigenvalue weighted by Crippen LogP contribution is -2.89. The molecule has 1 atom stereocenters. The first-order valence-corrected chi connectivity index (χ1v) is 5.25. The van der Waals surface area contributed by atoms with Crippen LogP contribution in [0.2, 0.25) is 5.02 Å². The van der Waals surface area contributed by atoms with Crippen molar-refractivity contribution in [3.05, 3.63) is 34.9 Å². The molecule has 0 radical (unpaired) electrons. The number of hydrogen-bond acceptors (Lipinski definition) is 1. The lowest BCUT2D eigenvalue weighted by Gasteiger charge is -2.12. The van der Waals surface area contributed by atoms with Gasteiger partial charge in [0.15, 0.2) is 0 Å². The van der Waals surface area contributed by atoms with Gasteiger partial charge in [-0.3, -0.25) is 0 Å². The van der Waals surface area contributed by atoms with Gasteiger partial charge in [0.2, 0.25) is 0 Å². The summed E-state index contributed by atoms with van der Waals surface area (Å²) in [4.78, 5) is 0.